The van der Waals surface area contributed by atoms with E-state index in [0.717, 1.165) is 12.1 Å². The molecule has 0 bridgehead atoms. The number of anilines is 1. The number of benzene rings is 1. The van der Waals surface area contributed by atoms with E-state index < -0.39 is 6.03 Å². The molecule has 2 N–H and O–H groups in total. The second kappa shape index (κ2) is 6.74. The van der Waals surface area contributed by atoms with E-state index in [4.69, 9.17) is 0 Å². The molecule has 5 heteroatoms. The fourth-order valence-corrected chi connectivity index (χ4v) is 2.00. The Morgan fingerprint density at radius 1 is 1.24 bits per heavy atom. The number of amides is 2. The van der Waals surface area contributed by atoms with E-state index in [1.807, 2.05) is 48.7 Å². The number of urea groups is 1. The summed E-state index contributed by atoms with van der Waals surface area (Å²) < 4.78 is 1.83. The number of nitrogens with one attached hydrogen (secondary N) is 2. The number of nitrogens with zero attached hydrogens (tertiary/aromatic N) is 1. The Bertz CT molecular complexity index is 665. The van der Waals surface area contributed by atoms with Gasteiger partial charge >= 0.3 is 6.03 Å². The minimum absolute atomic E-state index is 0.136. The van der Waals surface area contributed by atoms with Crippen molar-refractivity contribution in [2.75, 3.05) is 5.32 Å². The van der Waals surface area contributed by atoms with Gasteiger partial charge in [0.25, 0.3) is 0 Å². The van der Waals surface area contributed by atoms with E-state index >= 15 is 0 Å². The number of hydrogen-bond donors (Lipinski definition) is 2. The Morgan fingerprint density at radius 3 is 2.62 bits per heavy atom. The smallest absolute Gasteiger partial charge is 0.319 e. The van der Waals surface area contributed by atoms with E-state index in [1.54, 1.807) is 12.4 Å². The average Bonchev–Trinajstić information content (AvgIpc) is 2.50. The van der Waals surface area contributed by atoms with Gasteiger partial charge in [-0.25, -0.2) is 4.79 Å². The van der Waals surface area contributed by atoms with Crippen molar-refractivity contribution in [2.24, 2.45) is 0 Å². The molecule has 0 aliphatic rings. The minimum Gasteiger partial charge on any atom is -0.352 e. The van der Waals surface area contributed by atoms with Crippen LogP contribution in [0, 0.1) is 0 Å². The fraction of sp³-hybridized carbons (Fsp3) is 0.250. The predicted octanol–water partition coefficient (Wildman–Crippen LogP) is 2.75. The highest BCUT2D eigenvalue weighted by atomic mass is 16.2. The second-order valence-corrected chi connectivity index (χ2v) is 4.78. The first kappa shape index (κ1) is 14.8. The van der Waals surface area contributed by atoms with Gasteiger partial charge in [0.1, 0.15) is 5.69 Å². The van der Waals surface area contributed by atoms with Crippen LogP contribution in [0.25, 0.3) is 0 Å². The molecule has 2 amide bonds. The summed E-state index contributed by atoms with van der Waals surface area (Å²) in [5, 5.41) is 5.41. The largest absolute Gasteiger partial charge is 0.352 e. The molecule has 21 heavy (non-hydrogen) atoms. The molecule has 0 saturated carbocycles. The van der Waals surface area contributed by atoms with Crippen molar-refractivity contribution in [3.63, 3.8) is 0 Å². The summed E-state index contributed by atoms with van der Waals surface area (Å²) in [4.78, 5) is 23.7. The Kier molecular flexibility index (Phi) is 4.77. The molecule has 2 rings (SSSR count). The molecule has 0 aliphatic heterocycles. The first-order chi connectivity index (χ1) is 10.1. The molecule has 110 valence electrons. The lowest BCUT2D eigenvalue weighted by molar-refractivity contribution is 0.249. The molecule has 0 saturated heterocycles. The van der Waals surface area contributed by atoms with Crippen LogP contribution < -0.4 is 16.1 Å². The third-order valence-electron chi connectivity index (χ3n) is 3.24. The van der Waals surface area contributed by atoms with Gasteiger partial charge in [-0.1, -0.05) is 30.3 Å². The highest BCUT2D eigenvalue weighted by Crippen LogP contribution is 2.11. The summed E-state index contributed by atoms with van der Waals surface area (Å²) in [5.74, 6) is 0. The van der Waals surface area contributed by atoms with Crippen molar-refractivity contribution < 1.29 is 4.79 Å². The van der Waals surface area contributed by atoms with Crippen LogP contribution in [0.4, 0.5) is 10.5 Å². The van der Waals surface area contributed by atoms with Gasteiger partial charge < -0.3 is 15.2 Å². The lowest BCUT2D eigenvalue weighted by Crippen LogP contribution is -2.32. The molecule has 0 spiro atoms. The standard InChI is InChI=1S/C16H19N3O2/c1-3-19-10-9-15(20)14(11-19)18-16(21)17-12(2)13-7-5-4-6-8-13/h4-12H,3H2,1-2H3,(H2,17,18,21)/t12-/m1/s1. The quantitative estimate of drug-likeness (QED) is 0.907. The van der Waals surface area contributed by atoms with Gasteiger partial charge in [0, 0.05) is 25.0 Å². The predicted molar refractivity (Wildman–Crippen MR) is 83.4 cm³/mol. The summed E-state index contributed by atoms with van der Waals surface area (Å²) >= 11 is 0. The van der Waals surface area contributed by atoms with Gasteiger partial charge in [-0.05, 0) is 19.4 Å². The van der Waals surface area contributed by atoms with E-state index in [1.165, 1.54) is 6.07 Å². The monoisotopic (exact) mass is 285 g/mol. The summed E-state index contributed by atoms with van der Waals surface area (Å²) in [5.41, 5.74) is 1.08. The highest BCUT2D eigenvalue weighted by Gasteiger charge is 2.10. The lowest BCUT2D eigenvalue weighted by atomic mass is 10.1. The van der Waals surface area contributed by atoms with Crippen molar-refractivity contribution in [1.29, 1.82) is 0 Å². The number of hydrogen-bond acceptors (Lipinski definition) is 2. The van der Waals surface area contributed by atoms with Crippen molar-refractivity contribution in [3.8, 4) is 0 Å². The van der Waals surface area contributed by atoms with Gasteiger partial charge in [-0.15, -0.1) is 0 Å². The van der Waals surface area contributed by atoms with Crippen LogP contribution in [0.1, 0.15) is 25.5 Å². The number of pyridine rings is 1. The zero-order valence-corrected chi connectivity index (χ0v) is 12.2. The van der Waals surface area contributed by atoms with Crippen molar-refractivity contribution in [1.82, 2.24) is 9.88 Å². The van der Waals surface area contributed by atoms with E-state index in [-0.39, 0.29) is 17.2 Å². The zero-order chi connectivity index (χ0) is 15.2. The molecular formula is C16H19N3O2. The number of carbonyl (C=O) groups is 1. The van der Waals surface area contributed by atoms with Gasteiger partial charge in [0.15, 0.2) is 0 Å². The van der Waals surface area contributed by atoms with Gasteiger partial charge in [-0.2, -0.15) is 0 Å². The summed E-state index contributed by atoms with van der Waals surface area (Å²) in [7, 11) is 0. The van der Waals surface area contributed by atoms with E-state index in [9.17, 15) is 9.59 Å². The topological polar surface area (TPSA) is 63.1 Å². The maximum atomic E-state index is 12.0. The minimum atomic E-state index is -0.391. The Hall–Kier alpha value is -2.56. The van der Waals surface area contributed by atoms with E-state index in [2.05, 4.69) is 10.6 Å². The number of carbonyl (C=O) groups excluding carboxylic acids is 1. The fourth-order valence-electron chi connectivity index (χ4n) is 2.00. The maximum absolute atomic E-state index is 12.0. The normalized spacial score (nSPS) is 11.7. The molecule has 1 aromatic heterocycles. The molecule has 0 unspecified atom stereocenters. The van der Waals surface area contributed by atoms with Crippen LogP contribution in [0.3, 0.4) is 0 Å². The molecule has 0 aliphatic carbocycles. The Morgan fingerprint density at radius 2 is 1.95 bits per heavy atom. The molecule has 2 aromatic rings. The summed E-state index contributed by atoms with van der Waals surface area (Å²) in [6.45, 7) is 4.59. The second-order valence-electron chi connectivity index (χ2n) is 4.78. The van der Waals surface area contributed by atoms with Gasteiger partial charge in [0.05, 0.1) is 6.04 Å². The molecule has 0 fully saturated rings. The van der Waals surface area contributed by atoms with Crippen LogP contribution >= 0.6 is 0 Å². The molecule has 1 heterocycles. The van der Waals surface area contributed by atoms with Crippen LogP contribution in [0.15, 0.2) is 53.6 Å². The van der Waals surface area contributed by atoms with Crippen LogP contribution in [0.5, 0.6) is 0 Å². The molecular weight excluding hydrogens is 266 g/mol. The lowest BCUT2D eigenvalue weighted by Gasteiger charge is -2.15. The third kappa shape index (κ3) is 3.95. The molecule has 1 atom stereocenters. The molecule has 0 radical (unpaired) electrons. The van der Waals surface area contributed by atoms with E-state index in [0.29, 0.717) is 0 Å². The zero-order valence-electron chi connectivity index (χ0n) is 12.2. The Labute approximate surface area is 123 Å². The first-order valence-corrected chi connectivity index (χ1v) is 6.92. The highest BCUT2D eigenvalue weighted by molar-refractivity contribution is 5.89. The van der Waals surface area contributed by atoms with Gasteiger partial charge in [0.2, 0.25) is 5.43 Å². The maximum Gasteiger partial charge on any atom is 0.319 e. The van der Waals surface area contributed by atoms with Crippen molar-refractivity contribution >= 4 is 11.7 Å². The summed E-state index contributed by atoms with van der Waals surface area (Å²) in [6.07, 6.45) is 3.33. The van der Waals surface area contributed by atoms with Gasteiger partial charge in [-0.3, -0.25) is 4.79 Å². The van der Waals surface area contributed by atoms with Crippen molar-refractivity contribution in [2.45, 2.75) is 26.4 Å². The third-order valence-corrected chi connectivity index (χ3v) is 3.24. The van der Waals surface area contributed by atoms with Crippen LogP contribution in [-0.4, -0.2) is 10.6 Å². The Balaban J connectivity index is 2.04. The average molecular weight is 285 g/mol. The van der Waals surface area contributed by atoms with Crippen LogP contribution in [0.2, 0.25) is 0 Å². The molecule has 1 aromatic carbocycles. The number of rotatable bonds is 4. The molecule has 5 nitrogen and oxygen atoms in total. The summed E-state index contributed by atoms with van der Waals surface area (Å²) in [6, 6.07) is 10.6. The van der Waals surface area contributed by atoms with Crippen LogP contribution in [-0.2, 0) is 6.54 Å². The first-order valence-electron chi connectivity index (χ1n) is 6.92. The number of aryl methyl sites for hydroxylation is 1. The number of aromatic nitrogens is 1. The SMILES string of the molecule is CCn1ccc(=O)c(NC(=O)N[C@H](C)c2ccccc2)c1. The van der Waals surface area contributed by atoms with Crippen molar-refractivity contribution in [3.05, 3.63) is 64.6 Å².